The number of imidazole rings is 1. The first kappa shape index (κ1) is 15.0. The quantitative estimate of drug-likeness (QED) is 0.788. The molecule has 116 valence electrons. The lowest BCUT2D eigenvalue weighted by molar-refractivity contribution is -0.121. The zero-order chi connectivity index (χ0) is 16.1. The fourth-order valence-electron chi connectivity index (χ4n) is 2.62. The Hall–Kier alpha value is -2.88. The highest BCUT2D eigenvalue weighted by Crippen LogP contribution is 2.24. The van der Waals surface area contributed by atoms with Crippen LogP contribution < -0.4 is 5.32 Å². The average Bonchev–Trinajstić information content (AvgIpc) is 3.00. The number of rotatable bonds is 5. The molecule has 0 atom stereocenters. The maximum absolute atomic E-state index is 12.8. The molecule has 1 heterocycles. The summed E-state index contributed by atoms with van der Waals surface area (Å²) in [4.78, 5) is 17.0. The van der Waals surface area contributed by atoms with Crippen molar-refractivity contribution in [1.29, 1.82) is 0 Å². The zero-order valence-corrected chi connectivity index (χ0v) is 13.0. The van der Waals surface area contributed by atoms with E-state index in [2.05, 4.69) is 10.3 Å². The Bertz CT molecular complexity index is 726. The molecule has 4 heteroatoms. The van der Waals surface area contributed by atoms with Gasteiger partial charge in [0.25, 0.3) is 0 Å². The number of carbonyl (C=O) groups is 1. The van der Waals surface area contributed by atoms with Crippen LogP contribution in [0.1, 0.15) is 22.9 Å². The highest BCUT2D eigenvalue weighted by Gasteiger charge is 2.22. The second-order valence-corrected chi connectivity index (χ2v) is 5.43. The minimum absolute atomic E-state index is 0.0228. The first-order chi connectivity index (χ1) is 11.3. The Morgan fingerprint density at radius 1 is 1.04 bits per heavy atom. The highest BCUT2D eigenvalue weighted by molar-refractivity contribution is 5.87. The lowest BCUT2D eigenvalue weighted by atomic mass is 9.90. The molecule has 0 aliphatic carbocycles. The van der Waals surface area contributed by atoms with E-state index >= 15 is 0 Å². The van der Waals surface area contributed by atoms with Gasteiger partial charge in [-0.05, 0) is 11.1 Å². The number of carbonyl (C=O) groups excluding carboxylic acids is 1. The Balaban J connectivity index is 1.83. The molecular formula is C19H19N3O. The van der Waals surface area contributed by atoms with E-state index in [1.54, 1.807) is 6.20 Å². The van der Waals surface area contributed by atoms with Gasteiger partial charge in [-0.2, -0.15) is 0 Å². The zero-order valence-electron chi connectivity index (χ0n) is 13.0. The van der Waals surface area contributed by atoms with Gasteiger partial charge in [0.15, 0.2) is 0 Å². The summed E-state index contributed by atoms with van der Waals surface area (Å²) in [5.74, 6) is 0.487. The van der Waals surface area contributed by atoms with Gasteiger partial charge < -0.3 is 9.88 Å². The molecule has 1 aromatic heterocycles. The normalized spacial score (nSPS) is 10.7. The molecule has 0 saturated heterocycles. The third-order valence-corrected chi connectivity index (χ3v) is 3.87. The average molecular weight is 305 g/mol. The van der Waals surface area contributed by atoms with Crippen molar-refractivity contribution in [3.63, 3.8) is 0 Å². The molecule has 0 radical (unpaired) electrons. The molecule has 3 rings (SSSR count). The van der Waals surface area contributed by atoms with Gasteiger partial charge in [0.1, 0.15) is 5.82 Å². The van der Waals surface area contributed by atoms with Gasteiger partial charge in [-0.15, -0.1) is 0 Å². The van der Waals surface area contributed by atoms with E-state index in [1.165, 1.54) is 0 Å². The van der Waals surface area contributed by atoms with Gasteiger partial charge in [0, 0.05) is 19.4 Å². The van der Waals surface area contributed by atoms with Crippen molar-refractivity contribution < 1.29 is 4.79 Å². The van der Waals surface area contributed by atoms with Crippen LogP contribution in [0.5, 0.6) is 0 Å². The molecule has 3 aromatic rings. The van der Waals surface area contributed by atoms with Crippen LogP contribution in [0.4, 0.5) is 0 Å². The molecule has 1 N–H and O–H groups in total. The van der Waals surface area contributed by atoms with E-state index in [-0.39, 0.29) is 11.8 Å². The van der Waals surface area contributed by atoms with Crippen molar-refractivity contribution in [2.24, 2.45) is 7.05 Å². The van der Waals surface area contributed by atoms with Gasteiger partial charge in [-0.3, -0.25) is 4.79 Å². The van der Waals surface area contributed by atoms with Crippen LogP contribution in [-0.4, -0.2) is 15.5 Å². The first-order valence-corrected chi connectivity index (χ1v) is 7.59. The first-order valence-electron chi connectivity index (χ1n) is 7.59. The predicted octanol–water partition coefficient (Wildman–Crippen LogP) is 2.87. The predicted molar refractivity (Wildman–Crippen MR) is 89.8 cm³/mol. The van der Waals surface area contributed by atoms with Gasteiger partial charge in [-0.25, -0.2) is 4.98 Å². The summed E-state index contributed by atoms with van der Waals surface area (Å²) >= 11 is 0. The lowest BCUT2D eigenvalue weighted by Gasteiger charge is -2.17. The van der Waals surface area contributed by atoms with Crippen LogP contribution in [0.2, 0.25) is 0 Å². The highest BCUT2D eigenvalue weighted by atomic mass is 16.1. The van der Waals surface area contributed by atoms with Gasteiger partial charge in [0.05, 0.1) is 12.5 Å². The number of nitrogens with one attached hydrogen (secondary N) is 1. The topological polar surface area (TPSA) is 46.9 Å². The Kier molecular flexibility index (Phi) is 4.52. The Morgan fingerprint density at radius 3 is 2.09 bits per heavy atom. The van der Waals surface area contributed by atoms with Crippen molar-refractivity contribution in [1.82, 2.24) is 14.9 Å². The van der Waals surface area contributed by atoms with Gasteiger partial charge in [-0.1, -0.05) is 60.7 Å². The summed E-state index contributed by atoms with van der Waals surface area (Å²) in [6, 6.07) is 19.7. The minimum Gasteiger partial charge on any atom is -0.348 e. The number of aryl methyl sites for hydroxylation is 1. The van der Waals surface area contributed by atoms with Crippen molar-refractivity contribution >= 4 is 5.91 Å². The number of aromatic nitrogens is 2. The number of nitrogens with zero attached hydrogens (tertiary/aromatic N) is 2. The third-order valence-electron chi connectivity index (χ3n) is 3.87. The Labute approximate surface area is 135 Å². The SMILES string of the molecule is Cn1ccnc1CNC(=O)C(c1ccccc1)c1ccccc1. The molecule has 4 nitrogen and oxygen atoms in total. The molecule has 2 aromatic carbocycles. The van der Waals surface area contributed by atoms with Gasteiger partial charge in [0.2, 0.25) is 5.91 Å². The van der Waals surface area contributed by atoms with Crippen molar-refractivity contribution in [2.45, 2.75) is 12.5 Å². The maximum atomic E-state index is 12.8. The number of hydrogen-bond acceptors (Lipinski definition) is 2. The number of amides is 1. The van der Waals surface area contributed by atoms with E-state index in [0.29, 0.717) is 6.54 Å². The summed E-state index contributed by atoms with van der Waals surface area (Å²) in [7, 11) is 1.92. The van der Waals surface area contributed by atoms with E-state index in [0.717, 1.165) is 17.0 Å². The minimum atomic E-state index is -0.322. The molecular weight excluding hydrogens is 286 g/mol. The standard InChI is InChI=1S/C19H19N3O/c1-22-13-12-20-17(22)14-21-19(23)18(15-8-4-2-5-9-15)16-10-6-3-7-11-16/h2-13,18H,14H2,1H3,(H,21,23). The Morgan fingerprint density at radius 2 is 1.61 bits per heavy atom. The smallest absolute Gasteiger partial charge is 0.232 e. The van der Waals surface area contributed by atoms with E-state index in [4.69, 9.17) is 0 Å². The van der Waals surface area contributed by atoms with E-state index < -0.39 is 0 Å². The fourth-order valence-corrected chi connectivity index (χ4v) is 2.62. The molecule has 23 heavy (non-hydrogen) atoms. The van der Waals surface area contributed by atoms with Crippen LogP contribution in [0.25, 0.3) is 0 Å². The van der Waals surface area contributed by atoms with Gasteiger partial charge >= 0.3 is 0 Å². The summed E-state index contributed by atoms with van der Waals surface area (Å²) in [5.41, 5.74) is 1.96. The molecule has 0 bridgehead atoms. The fraction of sp³-hybridized carbons (Fsp3) is 0.158. The molecule has 0 aliphatic heterocycles. The molecule has 0 unspecified atom stereocenters. The second kappa shape index (κ2) is 6.92. The van der Waals surface area contributed by atoms with E-state index in [1.807, 2.05) is 78.5 Å². The summed E-state index contributed by atoms with van der Waals surface area (Å²) in [6.45, 7) is 0.415. The van der Waals surface area contributed by atoms with Crippen LogP contribution in [0, 0.1) is 0 Å². The van der Waals surface area contributed by atoms with Crippen molar-refractivity contribution in [3.05, 3.63) is 90.0 Å². The molecule has 0 saturated carbocycles. The number of hydrogen-bond donors (Lipinski definition) is 1. The largest absolute Gasteiger partial charge is 0.348 e. The van der Waals surface area contributed by atoms with Crippen LogP contribution in [0.3, 0.4) is 0 Å². The lowest BCUT2D eigenvalue weighted by Crippen LogP contribution is -2.30. The summed E-state index contributed by atoms with van der Waals surface area (Å²) in [6.07, 6.45) is 3.60. The van der Waals surface area contributed by atoms with E-state index in [9.17, 15) is 4.79 Å². The summed E-state index contributed by atoms with van der Waals surface area (Å²) in [5, 5.41) is 3.00. The number of benzene rings is 2. The van der Waals surface area contributed by atoms with Crippen molar-refractivity contribution in [2.75, 3.05) is 0 Å². The summed E-state index contributed by atoms with van der Waals surface area (Å²) < 4.78 is 1.90. The third kappa shape index (κ3) is 3.48. The van der Waals surface area contributed by atoms with Crippen molar-refractivity contribution in [3.8, 4) is 0 Å². The van der Waals surface area contributed by atoms with Crippen LogP contribution >= 0.6 is 0 Å². The second-order valence-electron chi connectivity index (χ2n) is 5.43. The van der Waals surface area contributed by atoms with Crippen LogP contribution in [0.15, 0.2) is 73.1 Å². The maximum Gasteiger partial charge on any atom is 0.232 e. The molecule has 0 spiro atoms. The van der Waals surface area contributed by atoms with Crippen LogP contribution in [-0.2, 0) is 18.4 Å². The molecule has 0 aliphatic rings. The monoisotopic (exact) mass is 305 g/mol. The molecule has 1 amide bonds. The molecule has 0 fully saturated rings.